The zero-order valence-corrected chi connectivity index (χ0v) is 89.0. The molecule has 0 saturated heterocycles. The van der Waals surface area contributed by atoms with E-state index in [2.05, 4.69) is 30.4 Å². The average molecular weight is 1940 g/mol. The van der Waals surface area contributed by atoms with Gasteiger partial charge in [-0.15, -0.1) is 20.4 Å². The summed E-state index contributed by atoms with van der Waals surface area (Å²) in [6.45, 7) is -0.0175. The van der Waals surface area contributed by atoms with Crippen molar-refractivity contribution >= 4 is 139 Å². The van der Waals surface area contributed by atoms with Gasteiger partial charge in [0.1, 0.15) is 51.6 Å². The van der Waals surface area contributed by atoms with Crippen molar-refractivity contribution in [2.45, 2.75) is 24.2 Å². The summed E-state index contributed by atoms with van der Waals surface area (Å²) in [7, 11) is -12.1. The smallest absolute Gasteiger partial charge is 0.778 e. The molecule has 34 nitrogen and oxygen atoms in total. The largest absolute Gasteiger partial charge is 1.00 e. The van der Waals surface area contributed by atoms with Crippen molar-refractivity contribution in [3.8, 4) is 46.0 Å². The molecule has 0 aromatic heterocycles. The summed E-state index contributed by atoms with van der Waals surface area (Å²) in [4.78, 5) is 80.8. The molecule has 0 heterocycles. The van der Waals surface area contributed by atoms with Crippen LogP contribution in [0.1, 0.15) is 56.1 Å². The third-order valence-corrected chi connectivity index (χ3v) is 26.4. The van der Waals surface area contributed by atoms with Crippen LogP contribution in [0.2, 0.25) is 0 Å². The van der Waals surface area contributed by atoms with Gasteiger partial charge in [-0.25, -0.2) is 0 Å². The third-order valence-electron chi connectivity index (χ3n) is 14.6. The van der Waals surface area contributed by atoms with Crippen molar-refractivity contribution in [3.63, 3.8) is 0 Å². The maximum absolute atomic E-state index is 11.6. The second kappa shape index (κ2) is 60.4. The Morgan fingerprint density at radius 2 is 0.667 bits per heavy atom. The van der Waals surface area contributed by atoms with E-state index < -0.39 is 97.1 Å². The molecule has 0 amide bonds. The van der Waals surface area contributed by atoms with Crippen LogP contribution in [0.3, 0.4) is 0 Å². The molecule has 0 aliphatic rings. The number of rotatable bonds is 39. The predicted molar refractivity (Wildman–Crippen MR) is 447 cm³/mol. The van der Waals surface area contributed by atoms with Gasteiger partial charge < -0.3 is 86.7 Å². The van der Waals surface area contributed by atoms with Crippen molar-refractivity contribution < 1.29 is 262 Å². The number of hydrogen-bond acceptors (Lipinski definition) is 30. The Bertz CT molecular complexity index is 4790. The van der Waals surface area contributed by atoms with E-state index in [4.69, 9.17) is 104 Å². The van der Waals surface area contributed by atoms with Crippen LogP contribution in [0.25, 0.3) is 0 Å². The van der Waals surface area contributed by atoms with Crippen molar-refractivity contribution in [3.05, 3.63) is 239 Å². The minimum absolute atomic E-state index is 0. The first-order valence-corrected chi connectivity index (χ1v) is 50.0. The number of ether oxygens (including phenoxy) is 4. The summed E-state index contributed by atoms with van der Waals surface area (Å²) >= 11 is 21.4. The molecule has 616 valence electrons. The summed E-state index contributed by atoms with van der Waals surface area (Å²) in [6, 6.07) is 55.1. The normalized spacial score (nSPS) is 13.9. The summed E-state index contributed by atoms with van der Waals surface area (Å²) in [5, 5.41) is 39.8. The van der Waals surface area contributed by atoms with Crippen molar-refractivity contribution in [2.24, 2.45) is 20.4 Å². The maximum Gasteiger partial charge on any atom is 1.00 e. The summed E-state index contributed by atoms with van der Waals surface area (Å²) in [5.41, 5.74) is 5.44. The second-order valence-corrected chi connectivity index (χ2v) is 39.5. The molecule has 11 atom stereocenters. The molecule has 120 heavy (non-hydrogen) atoms. The van der Waals surface area contributed by atoms with Crippen LogP contribution >= 0.6 is 66.7 Å². The Hall–Kier alpha value is -2.38. The molecule has 8 rings (SSSR count). The number of aliphatic hydroxyl groups is 1. The molecule has 0 bridgehead atoms. The van der Waals surface area contributed by atoms with Gasteiger partial charge in [-0.3, -0.25) is 28.3 Å². The maximum atomic E-state index is 11.6. The van der Waals surface area contributed by atoms with E-state index in [1.54, 1.807) is 171 Å². The first-order chi connectivity index (χ1) is 54.3. The zero-order valence-electron chi connectivity index (χ0n) is 67.7. The van der Waals surface area contributed by atoms with Crippen molar-refractivity contribution in [2.75, 3.05) is 82.8 Å². The number of hydrazone groups is 4. The van der Waals surface area contributed by atoms with Crippen LogP contribution in [0.15, 0.2) is 215 Å². The van der Waals surface area contributed by atoms with E-state index in [0.29, 0.717) is 34.1 Å². The van der Waals surface area contributed by atoms with Crippen LogP contribution in [-0.4, -0.2) is 156 Å². The van der Waals surface area contributed by atoms with Gasteiger partial charge >= 0.3 is 184 Å². The summed E-state index contributed by atoms with van der Waals surface area (Å²) in [5.74, 6) is 2.30. The standard InChI is InChI=1S/C19H26N3O8P3S.C17H20N3O5P2S.C16H18N2O6P2S.C16H18N2O5P2S.5Na/c1-21(20-13-17-5-7-18(29-2)8-6-17)31(34)30-19-9-3-16(4-10-19)11-12-22(14-32(23,24)25)15-33(26,27)28;1-18-17(26(22)25-21)14-6-10-16(11-7-14)24-27(28)20(2)19-12-13-4-8-15(23-3)9-5-13;1-18(17-11-12-3-7-14(23-2)8-4-12)25(27)24-15-9-5-13(6-10-15)16(19)26(20,21)22;1-18(17-11-13-3-7-15(22-2)8-4-13)24(26)23-16-9-5-14(6-10-16)12-25(19,20)21;;;;;/h3-10,13H,11-12,14-15H2,1-2H3,(H3-,23,24,25,26,27,28);4-12,17-18H,1-3H3;3-11,16,19H,1-2H3,(H-,20,21,22);3-11H,12H2,1-2H3,(H-,19,20,21);;;;;/q;+1;;;5*+1/p-1/b20-13+;19-12+;2*17-11+;;;;;. The Kier molecular flexibility index (Phi) is 59.2. The number of aliphatic hydroxyl groups excluding tert-OH is 1. The van der Waals surface area contributed by atoms with Gasteiger partial charge in [0.05, 0.1) is 94.1 Å². The Balaban J connectivity index is 0.00000156. The molecule has 8 aromatic carbocycles. The van der Waals surface area contributed by atoms with Gasteiger partial charge in [-0.05, 0) is 215 Å². The Morgan fingerprint density at radius 3 is 0.900 bits per heavy atom. The van der Waals surface area contributed by atoms with Crippen molar-refractivity contribution in [1.29, 1.82) is 0 Å². The van der Waals surface area contributed by atoms with Gasteiger partial charge in [0.15, 0.2) is 30.6 Å². The van der Waals surface area contributed by atoms with Gasteiger partial charge in [0, 0.05) is 18.3 Å². The zero-order chi connectivity index (χ0) is 85.1. The molecule has 0 spiro atoms. The van der Waals surface area contributed by atoms with Gasteiger partial charge in [0.2, 0.25) is 47.2 Å². The minimum Gasteiger partial charge on any atom is -0.778 e. The van der Waals surface area contributed by atoms with Crippen LogP contribution in [0, 0.1) is 0 Å². The van der Waals surface area contributed by atoms with Crippen LogP contribution in [-0.2, 0) is 87.3 Å². The molecule has 0 fully saturated rings. The molecule has 0 radical (unpaired) electrons. The molecule has 8 aromatic rings. The number of benzene rings is 8. The summed E-state index contributed by atoms with van der Waals surface area (Å²) < 4.78 is 109. The second-order valence-electron chi connectivity index (χ2n) is 23.3. The van der Waals surface area contributed by atoms with Crippen molar-refractivity contribution in [1.82, 2.24) is 29.3 Å². The number of methoxy groups -OCH3 is 4. The van der Waals surface area contributed by atoms with E-state index in [-0.39, 0.29) is 166 Å². The number of hydrogen-bond donors (Lipinski definition) is 6. The van der Waals surface area contributed by atoms with Gasteiger partial charge in [0.25, 0.3) is 5.78 Å². The molecular weight excluding hydrogens is 1860 g/mol. The molecule has 52 heteroatoms. The monoisotopic (exact) mass is 1940 g/mol. The molecular formula is C68H81N10Na5O24P9S4+5. The fourth-order valence-corrected chi connectivity index (χ4v) is 16.1. The van der Waals surface area contributed by atoms with E-state index in [9.17, 15) is 52.8 Å². The van der Waals surface area contributed by atoms with E-state index >= 15 is 0 Å². The van der Waals surface area contributed by atoms with Crippen LogP contribution in [0.4, 0.5) is 0 Å². The fraction of sp³-hybridized carbons (Fsp3) is 0.235. The van der Waals surface area contributed by atoms with Crippen LogP contribution in [0.5, 0.6) is 46.0 Å². The topological polar surface area (TPSA) is 463 Å². The van der Waals surface area contributed by atoms with Crippen LogP contribution < -0.4 is 215 Å². The van der Waals surface area contributed by atoms with E-state index in [1.807, 2.05) is 97.1 Å². The molecule has 11 unspecified atom stereocenters. The SMILES string of the molecule is CNC(c1ccc(O[P+](=S)N(C)/N=C/c2ccc(OC)cc2)cc1)[P+](=O)O[O-].COc1ccc(/C=N/N(C)[P+](=S)Oc2ccc(C(O)P(=O)([O-])O)cc2)cc1.COc1ccc(/C=N/N(C)[P+](=S)Oc2ccc(CCN(CP(=O)([O-])O)CP(=O)([O-])O)cc2)cc1.COc1ccc(/C=N/N(C)[P+](=S)Oc2ccc(CP(=O)([O-])O)cc2)cc1.[Na+].[Na+].[Na+].[Na+].[Na+]. The third kappa shape index (κ3) is 47.1. The fourth-order valence-electron chi connectivity index (χ4n) is 8.75. The Labute approximate surface area is 831 Å². The first-order valence-electron chi connectivity index (χ1n) is 32.9. The van der Waals surface area contributed by atoms with Gasteiger partial charge in [-0.2, -0.15) is 4.67 Å². The molecule has 0 saturated carbocycles. The molecule has 0 aliphatic carbocycles. The van der Waals surface area contributed by atoms with E-state index in [0.717, 1.165) is 55.7 Å². The molecule has 6 N–H and O–H groups in total. The number of nitrogens with one attached hydrogen (secondary N) is 1. The average Bonchev–Trinajstić information content (AvgIpc) is 0.844. The molecule has 0 aliphatic heterocycles. The first kappa shape index (κ1) is 118. The number of nitrogens with zero attached hydrogens (tertiary/aromatic N) is 9. The minimum atomic E-state index is -4.87. The predicted octanol–water partition coefficient (Wildman–Crippen LogP) is -5.04. The Morgan fingerprint density at radius 1 is 0.417 bits per heavy atom. The summed E-state index contributed by atoms with van der Waals surface area (Å²) in [6.07, 6.45) is 4.73. The van der Waals surface area contributed by atoms with Gasteiger partial charge in [-0.1, -0.05) is 55.5 Å². The van der Waals surface area contributed by atoms with E-state index in [1.165, 1.54) is 33.8 Å². The quantitative estimate of drug-likeness (QED) is 0.00690.